The molecule has 0 aromatic heterocycles. The van der Waals surface area contributed by atoms with Gasteiger partial charge >= 0.3 is 0 Å². The van der Waals surface area contributed by atoms with Crippen molar-refractivity contribution in [3.05, 3.63) is 52.5 Å². The van der Waals surface area contributed by atoms with Crippen molar-refractivity contribution in [1.29, 1.82) is 0 Å². The van der Waals surface area contributed by atoms with Gasteiger partial charge < -0.3 is 10.1 Å². The number of nitrogens with zero attached hydrogens (tertiary/aromatic N) is 1. The van der Waals surface area contributed by atoms with Gasteiger partial charge in [-0.05, 0) is 73.6 Å². The van der Waals surface area contributed by atoms with E-state index in [1.807, 2.05) is 18.2 Å². The minimum Gasteiger partial charge on any atom is -0.484 e. The summed E-state index contributed by atoms with van der Waals surface area (Å²) in [5.41, 5.74) is 2.87. The van der Waals surface area contributed by atoms with E-state index in [-0.39, 0.29) is 22.2 Å². The van der Waals surface area contributed by atoms with Crippen LogP contribution in [0.25, 0.3) is 0 Å². The number of sulfonamides is 1. The van der Waals surface area contributed by atoms with Crippen LogP contribution in [0.2, 0.25) is 5.02 Å². The number of anilines is 1. The highest BCUT2D eigenvalue weighted by Crippen LogP contribution is 2.29. The lowest BCUT2D eigenvalue weighted by atomic mass is 10.1. The number of aryl methyl sites for hydroxylation is 2. The van der Waals surface area contributed by atoms with Crippen LogP contribution in [-0.2, 0) is 27.7 Å². The molecule has 1 saturated heterocycles. The van der Waals surface area contributed by atoms with Gasteiger partial charge in [-0.2, -0.15) is 4.31 Å². The highest BCUT2D eigenvalue weighted by Gasteiger charge is 2.27. The third-order valence-corrected chi connectivity index (χ3v) is 7.58. The zero-order chi connectivity index (χ0) is 20.4. The van der Waals surface area contributed by atoms with Crippen molar-refractivity contribution in [3.63, 3.8) is 0 Å². The number of rotatable bonds is 6. The predicted molar refractivity (Wildman–Crippen MR) is 112 cm³/mol. The molecule has 29 heavy (non-hydrogen) atoms. The van der Waals surface area contributed by atoms with E-state index in [1.54, 1.807) is 0 Å². The fourth-order valence-corrected chi connectivity index (χ4v) is 5.52. The summed E-state index contributed by atoms with van der Waals surface area (Å²) in [6, 6.07) is 10.2. The maximum absolute atomic E-state index is 12.7. The Morgan fingerprint density at radius 1 is 1.03 bits per heavy atom. The molecule has 6 nitrogen and oxygen atoms in total. The molecule has 0 saturated carbocycles. The maximum Gasteiger partial charge on any atom is 0.262 e. The molecule has 4 rings (SSSR count). The zero-order valence-electron chi connectivity index (χ0n) is 16.0. The van der Waals surface area contributed by atoms with Gasteiger partial charge in [-0.15, -0.1) is 0 Å². The second-order valence-corrected chi connectivity index (χ2v) is 9.72. The molecule has 2 aromatic rings. The lowest BCUT2D eigenvalue weighted by molar-refractivity contribution is -0.118. The number of benzene rings is 2. The number of halogens is 1. The SMILES string of the molecule is O=C(COc1ccc2c(c1)CCC2)Nc1cc(S(=O)(=O)N2CCCC2)ccc1Cl. The van der Waals surface area contributed by atoms with Crippen LogP contribution in [0, 0.1) is 0 Å². The zero-order valence-corrected chi connectivity index (χ0v) is 17.6. The van der Waals surface area contributed by atoms with E-state index in [4.69, 9.17) is 16.3 Å². The summed E-state index contributed by atoms with van der Waals surface area (Å²) in [6.07, 6.45) is 4.99. The van der Waals surface area contributed by atoms with Gasteiger partial charge in [0, 0.05) is 13.1 Å². The van der Waals surface area contributed by atoms with Crippen LogP contribution in [0.5, 0.6) is 5.75 Å². The van der Waals surface area contributed by atoms with Gasteiger partial charge in [0.25, 0.3) is 5.91 Å². The Morgan fingerprint density at radius 3 is 2.59 bits per heavy atom. The van der Waals surface area contributed by atoms with Crippen molar-refractivity contribution in [2.75, 3.05) is 25.0 Å². The molecule has 1 fully saturated rings. The Kier molecular flexibility index (Phi) is 5.81. The molecule has 1 aliphatic heterocycles. The number of hydrogen-bond donors (Lipinski definition) is 1. The highest BCUT2D eigenvalue weighted by molar-refractivity contribution is 7.89. The molecule has 1 aliphatic carbocycles. The van der Waals surface area contributed by atoms with E-state index in [0.717, 1.165) is 32.1 Å². The van der Waals surface area contributed by atoms with Crippen molar-refractivity contribution in [3.8, 4) is 5.75 Å². The summed E-state index contributed by atoms with van der Waals surface area (Å²) >= 11 is 6.17. The largest absolute Gasteiger partial charge is 0.484 e. The van der Waals surface area contributed by atoms with E-state index in [0.29, 0.717) is 18.8 Å². The minimum absolute atomic E-state index is 0.124. The molecule has 2 aromatic carbocycles. The van der Waals surface area contributed by atoms with Gasteiger partial charge in [0.2, 0.25) is 10.0 Å². The van der Waals surface area contributed by atoms with Crippen LogP contribution in [0.1, 0.15) is 30.4 Å². The van der Waals surface area contributed by atoms with Crippen molar-refractivity contribution < 1.29 is 17.9 Å². The second kappa shape index (κ2) is 8.34. The van der Waals surface area contributed by atoms with Gasteiger partial charge in [-0.3, -0.25) is 4.79 Å². The molecule has 0 unspecified atom stereocenters. The van der Waals surface area contributed by atoms with Gasteiger partial charge in [-0.1, -0.05) is 17.7 Å². The predicted octanol–water partition coefficient (Wildman–Crippen LogP) is 3.63. The third kappa shape index (κ3) is 4.42. The number of carbonyl (C=O) groups excluding carboxylic acids is 1. The standard InChI is InChI=1S/C21H23ClN2O4S/c22-19-9-8-18(29(26,27)24-10-1-2-11-24)13-20(19)23-21(25)14-28-17-7-6-15-4-3-5-16(15)12-17/h6-9,12-13H,1-5,10-11,14H2,(H,23,25). The third-order valence-electron chi connectivity index (χ3n) is 5.35. The van der Waals surface area contributed by atoms with Crippen LogP contribution in [-0.4, -0.2) is 38.3 Å². The van der Waals surface area contributed by atoms with Crippen LogP contribution < -0.4 is 10.1 Å². The summed E-state index contributed by atoms with van der Waals surface area (Å²) in [4.78, 5) is 12.5. The summed E-state index contributed by atoms with van der Waals surface area (Å²) in [5.74, 6) is 0.250. The lowest BCUT2D eigenvalue weighted by Gasteiger charge is -2.17. The van der Waals surface area contributed by atoms with Crippen LogP contribution >= 0.6 is 11.6 Å². The first-order chi connectivity index (χ1) is 13.9. The Balaban J connectivity index is 1.42. The number of carbonyl (C=O) groups is 1. The summed E-state index contributed by atoms with van der Waals surface area (Å²) < 4.78 is 32.5. The highest BCUT2D eigenvalue weighted by atomic mass is 35.5. The van der Waals surface area contributed by atoms with Crippen molar-refractivity contribution in [1.82, 2.24) is 4.31 Å². The maximum atomic E-state index is 12.7. The van der Waals surface area contributed by atoms with Crippen LogP contribution in [0.4, 0.5) is 5.69 Å². The minimum atomic E-state index is -3.58. The van der Waals surface area contributed by atoms with Gasteiger partial charge in [0.15, 0.2) is 6.61 Å². The Morgan fingerprint density at radius 2 is 1.79 bits per heavy atom. The molecule has 0 atom stereocenters. The number of hydrogen-bond acceptors (Lipinski definition) is 4. The van der Waals surface area contributed by atoms with Gasteiger partial charge in [0.05, 0.1) is 15.6 Å². The average molecular weight is 435 g/mol. The van der Waals surface area contributed by atoms with E-state index in [2.05, 4.69) is 5.32 Å². The van der Waals surface area contributed by atoms with Gasteiger partial charge in [-0.25, -0.2) is 8.42 Å². The molecule has 1 N–H and O–H groups in total. The second-order valence-electron chi connectivity index (χ2n) is 7.37. The first kappa shape index (κ1) is 20.2. The van der Waals surface area contributed by atoms with Crippen LogP contribution in [0.15, 0.2) is 41.3 Å². The Bertz CT molecular complexity index is 1030. The Hall–Kier alpha value is -2.09. The molecule has 154 valence electrons. The number of fused-ring (bicyclic) bond motifs is 1. The number of amides is 1. The van der Waals surface area contributed by atoms with E-state index in [1.165, 1.54) is 33.6 Å². The summed E-state index contributed by atoms with van der Waals surface area (Å²) in [7, 11) is -3.58. The quantitative estimate of drug-likeness (QED) is 0.753. The molecular weight excluding hydrogens is 412 g/mol. The summed E-state index contributed by atoms with van der Waals surface area (Å²) in [6.45, 7) is 0.848. The molecule has 1 amide bonds. The van der Waals surface area contributed by atoms with Crippen molar-refractivity contribution in [2.45, 2.75) is 37.0 Å². The van der Waals surface area contributed by atoms with Gasteiger partial charge in [0.1, 0.15) is 5.75 Å². The molecule has 0 radical (unpaired) electrons. The fourth-order valence-electron chi connectivity index (χ4n) is 3.81. The normalized spacial score (nSPS) is 16.6. The first-order valence-electron chi connectivity index (χ1n) is 9.78. The molecule has 8 heteroatoms. The topological polar surface area (TPSA) is 75.7 Å². The van der Waals surface area contributed by atoms with Crippen molar-refractivity contribution >= 4 is 33.2 Å². The van der Waals surface area contributed by atoms with E-state index in [9.17, 15) is 13.2 Å². The van der Waals surface area contributed by atoms with E-state index >= 15 is 0 Å². The lowest BCUT2D eigenvalue weighted by Crippen LogP contribution is -2.28. The van der Waals surface area contributed by atoms with Crippen LogP contribution in [0.3, 0.4) is 0 Å². The molecule has 0 bridgehead atoms. The molecular formula is C21H23ClN2O4S. The number of ether oxygens (including phenoxy) is 1. The molecule has 1 heterocycles. The average Bonchev–Trinajstić information content (AvgIpc) is 3.39. The Labute approximate surface area is 175 Å². The van der Waals surface area contributed by atoms with E-state index < -0.39 is 15.9 Å². The fraction of sp³-hybridized carbons (Fsp3) is 0.381. The smallest absolute Gasteiger partial charge is 0.262 e. The molecule has 0 spiro atoms. The molecule has 2 aliphatic rings. The monoisotopic (exact) mass is 434 g/mol. The first-order valence-corrected chi connectivity index (χ1v) is 11.6. The summed E-state index contributed by atoms with van der Waals surface area (Å²) in [5, 5.41) is 2.93. The number of nitrogens with one attached hydrogen (secondary N) is 1. The van der Waals surface area contributed by atoms with Crippen molar-refractivity contribution in [2.24, 2.45) is 0 Å².